The van der Waals surface area contributed by atoms with Crippen molar-refractivity contribution in [2.75, 3.05) is 19.0 Å². The molecule has 0 radical (unpaired) electrons. The number of nitrogens with one attached hydrogen (secondary N) is 2. The smallest absolute Gasteiger partial charge is 0.337 e. The number of hydrogen-bond donors (Lipinski definition) is 2. The van der Waals surface area contributed by atoms with Crippen LogP contribution in [0.3, 0.4) is 0 Å². The maximum absolute atomic E-state index is 12.9. The molecule has 0 bridgehead atoms. The molecular formula is C22H23N3O3. The van der Waals surface area contributed by atoms with Crippen LogP contribution in [0, 0.1) is 13.8 Å². The number of aryl methyl sites for hydroxylation is 2. The number of ether oxygens (including phenoxy) is 1. The number of rotatable bonds is 2. The van der Waals surface area contributed by atoms with Gasteiger partial charge in [-0.05, 0) is 49.2 Å². The molecule has 2 aromatic carbocycles. The Morgan fingerprint density at radius 2 is 1.96 bits per heavy atom. The van der Waals surface area contributed by atoms with Crippen LogP contribution in [0.15, 0.2) is 36.4 Å². The van der Waals surface area contributed by atoms with Crippen LogP contribution in [-0.2, 0) is 17.7 Å². The average molecular weight is 377 g/mol. The Kier molecular flexibility index (Phi) is 4.55. The van der Waals surface area contributed by atoms with Gasteiger partial charge in [-0.2, -0.15) is 0 Å². The lowest BCUT2D eigenvalue weighted by Gasteiger charge is -2.27. The number of carbonyl (C=O) groups excluding carboxylic acids is 2. The topological polar surface area (TPSA) is 74.4 Å². The van der Waals surface area contributed by atoms with Gasteiger partial charge >= 0.3 is 12.0 Å². The SMILES string of the molecule is COC(=O)c1ccc2[nH]c3c(c2c1)CN(C(=O)Nc1cc(C)ccc1C)CC3. The number of aromatic nitrogens is 1. The van der Waals surface area contributed by atoms with Gasteiger partial charge in [-0.3, -0.25) is 0 Å². The molecule has 2 amide bonds. The van der Waals surface area contributed by atoms with Crippen molar-refractivity contribution in [3.8, 4) is 0 Å². The second-order valence-corrected chi connectivity index (χ2v) is 7.25. The molecule has 2 N–H and O–H groups in total. The maximum Gasteiger partial charge on any atom is 0.337 e. The van der Waals surface area contributed by atoms with Gasteiger partial charge in [0.15, 0.2) is 0 Å². The normalized spacial score (nSPS) is 13.3. The predicted molar refractivity (Wildman–Crippen MR) is 109 cm³/mol. The molecule has 1 aromatic heterocycles. The van der Waals surface area contributed by atoms with Crippen molar-refractivity contribution < 1.29 is 14.3 Å². The zero-order valence-corrected chi connectivity index (χ0v) is 16.3. The van der Waals surface area contributed by atoms with E-state index in [-0.39, 0.29) is 12.0 Å². The molecule has 3 aromatic rings. The van der Waals surface area contributed by atoms with Crippen molar-refractivity contribution in [2.45, 2.75) is 26.8 Å². The van der Waals surface area contributed by atoms with E-state index in [0.29, 0.717) is 18.7 Å². The lowest BCUT2D eigenvalue weighted by Crippen LogP contribution is -2.38. The van der Waals surface area contributed by atoms with Crippen molar-refractivity contribution in [1.82, 2.24) is 9.88 Å². The number of hydrogen-bond acceptors (Lipinski definition) is 3. The lowest BCUT2D eigenvalue weighted by molar-refractivity contribution is 0.0601. The van der Waals surface area contributed by atoms with Crippen molar-refractivity contribution in [3.63, 3.8) is 0 Å². The van der Waals surface area contributed by atoms with Crippen LogP contribution < -0.4 is 5.32 Å². The first-order chi connectivity index (χ1) is 13.5. The quantitative estimate of drug-likeness (QED) is 0.659. The van der Waals surface area contributed by atoms with E-state index < -0.39 is 0 Å². The minimum Gasteiger partial charge on any atom is -0.465 e. The van der Waals surface area contributed by atoms with Crippen molar-refractivity contribution >= 4 is 28.6 Å². The Balaban J connectivity index is 1.60. The number of esters is 1. The molecule has 4 rings (SSSR count). The molecule has 6 heteroatoms. The summed E-state index contributed by atoms with van der Waals surface area (Å²) in [4.78, 5) is 29.9. The second kappa shape index (κ2) is 7.03. The molecule has 6 nitrogen and oxygen atoms in total. The Hall–Kier alpha value is -3.28. The number of benzene rings is 2. The fraction of sp³-hybridized carbons (Fsp3) is 0.273. The molecule has 0 aliphatic carbocycles. The summed E-state index contributed by atoms with van der Waals surface area (Å²) in [5, 5.41) is 3.99. The highest BCUT2D eigenvalue weighted by Gasteiger charge is 2.25. The number of aromatic amines is 1. The van der Waals surface area contributed by atoms with Gasteiger partial charge in [0.25, 0.3) is 0 Å². The van der Waals surface area contributed by atoms with Gasteiger partial charge in [0, 0.05) is 47.4 Å². The molecule has 0 atom stereocenters. The highest BCUT2D eigenvalue weighted by Crippen LogP contribution is 2.29. The van der Waals surface area contributed by atoms with Gasteiger partial charge in [-0.15, -0.1) is 0 Å². The number of urea groups is 1. The van der Waals surface area contributed by atoms with Gasteiger partial charge < -0.3 is 19.9 Å². The first-order valence-electron chi connectivity index (χ1n) is 9.31. The van der Waals surface area contributed by atoms with E-state index in [1.807, 2.05) is 49.1 Å². The van der Waals surface area contributed by atoms with E-state index in [1.54, 1.807) is 6.07 Å². The first kappa shape index (κ1) is 18.1. The van der Waals surface area contributed by atoms with Gasteiger partial charge in [-0.1, -0.05) is 12.1 Å². The van der Waals surface area contributed by atoms with Crippen LogP contribution in [0.2, 0.25) is 0 Å². The van der Waals surface area contributed by atoms with Crippen LogP contribution in [0.1, 0.15) is 32.7 Å². The minimum absolute atomic E-state index is 0.113. The highest BCUT2D eigenvalue weighted by molar-refractivity contribution is 5.96. The minimum atomic E-state index is -0.364. The zero-order chi connectivity index (χ0) is 19.8. The van der Waals surface area contributed by atoms with Gasteiger partial charge in [0.1, 0.15) is 0 Å². The summed E-state index contributed by atoms with van der Waals surface area (Å²) in [6.45, 7) is 5.13. The van der Waals surface area contributed by atoms with Gasteiger partial charge in [0.2, 0.25) is 0 Å². The van der Waals surface area contributed by atoms with Crippen molar-refractivity contribution in [3.05, 3.63) is 64.3 Å². The standard InChI is InChI=1S/C22H23N3O3/c1-13-4-5-14(2)20(10-13)24-22(27)25-9-8-19-17(12-25)16-11-15(21(26)28-3)6-7-18(16)23-19/h4-7,10-11,23H,8-9,12H2,1-3H3,(H,24,27). The van der Waals surface area contributed by atoms with Crippen LogP contribution in [0.4, 0.5) is 10.5 Å². The van der Waals surface area contributed by atoms with E-state index in [9.17, 15) is 9.59 Å². The molecule has 0 saturated heterocycles. The van der Waals surface area contributed by atoms with E-state index in [2.05, 4.69) is 10.3 Å². The fourth-order valence-corrected chi connectivity index (χ4v) is 3.70. The Bertz CT molecular complexity index is 1080. The summed E-state index contributed by atoms with van der Waals surface area (Å²) in [5.74, 6) is -0.364. The summed E-state index contributed by atoms with van der Waals surface area (Å²) in [7, 11) is 1.37. The van der Waals surface area contributed by atoms with Gasteiger partial charge in [0.05, 0.1) is 12.7 Å². The number of amides is 2. The van der Waals surface area contributed by atoms with Crippen LogP contribution in [0.5, 0.6) is 0 Å². The Labute approximate surface area is 163 Å². The Morgan fingerprint density at radius 3 is 2.75 bits per heavy atom. The van der Waals surface area contributed by atoms with Crippen molar-refractivity contribution in [1.29, 1.82) is 0 Å². The monoisotopic (exact) mass is 377 g/mol. The number of carbonyl (C=O) groups is 2. The molecule has 1 aliphatic heterocycles. The molecule has 0 spiro atoms. The molecule has 144 valence electrons. The number of nitrogens with zero attached hydrogens (tertiary/aromatic N) is 1. The largest absolute Gasteiger partial charge is 0.465 e. The molecular weight excluding hydrogens is 354 g/mol. The molecule has 28 heavy (non-hydrogen) atoms. The van der Waals surface area contributed by atoms with Crippen LogP contribution >= 0.6 is 0 Å². The average Bonchev–Trinajstić information content (AvgIpc) is 3.07. The summed E-state index contributed by atoms with van der Waals surface area (Å²) in [6.07, 6.45) is 0.748. The molecule has 0 fully saturated rings. The van der Waals surface area contributed by atoms with E-state index in [1.165, 1.54) is 7.11 Å². The molecule has 2 heterocycles. The summed E-state index contributed by atoms with van der Waals surface area (Å²) in [5.41, 5.74) is 6.63. The second-order valence-electron chi connectivity index (χ2n) is 7.25. The van der Waals surface area contributed by atoms with Crippen LogP contribution in [0.25, 0.3) is 10.9 Å². The summed E-state index contributed by atoms with van der Waals surface area (Å²) in [6, 6.07) is 11.4. The van der Waals surface area contributed by atoms with E-state index in [0.717, 1.165) is 45.4 Å². The third kappa shape index (κ3) is 3.22. The zero-order valence-electron chi connectivity index (χ0n) is 16.3. The summed E-state index contributed by atoms with van der Waals surface area (Å²) >= 11 is 0. The third-order valence-corrected chi connectivity index (χ3v) is 5.32. The number of anilines is 1. The van der Waals surface area contributed by atoms with E-state index >= 15 is 0 Å². The number of fused-ring (bicyclic) bond motifs is 3. The molecule has 1 aliphatic rings. The fourth-order valence-electron chi connectivity index (χ4n) is 3.70. The highest BCUT2D eigenvalue weighted by atomic mass is 16.5. The predicted octanol–water partition coefficient (Wildman–Crippen LogP) is 4.16. The number of methoxy groups -OCH3 is 1. The number of H-pyrrole nitrogens is 1. The first-order valence-corrected chi connectivity index (χ1v) is 9.31. The van der Waals surface area contributed by atoms with E-state index in [4.69, 9.17) is 4.74 Å². The van der Waals surface area contributed by atoms with Crippen LogP contribution in [-0.4, -0.2) is 35.5 Å². The molecule has 0 saturated carbocycles. The Morgan fingerprint density at radius 1 is 1.14 bits per heavy atom. The maximum atomic E-state index is 12.9. The van der Waals surface area contributed by atoms with Gasteiger partial charge in [-0.25, -0.2) is 9.59 Å². The summed E-state index contributed by atoms with van der Waals surface area (Å²) < 4.78 is 4.83. The third-order valence-electron chi connectivity index (χ3n) is 5.32. The molecule has 0 unspecified atom stereocenters. The lowest BCUT2D eigenvalue weighted by atomic mass is 10.0. The van der Waals surface area contributed by atoms with Crippen molar-refractivity contribution in [2.24, 2.45) is 0 Å².